The van der Waals surface area contributed by atoms with Crippen molar-refractivity contribution in [3.63, 3.8) is 0 Å². The Hall–Kier alpha value is -1.82. The van der Waals surface area contributed by atoms with Crippen molar-refractivity contribution in [1.29, 1.82) is 0 Å². The van der Waals surface area contributed by atoms with Gasteiger partial charge < -0.3 is 10.6 Å². The minimum atomic E-state index is -0.535. The number of hydrogen-bond donors (Lipinski definition) is 2. The molecule has 1 aromatic carbocycles. The molecule has 0 aromatic heterocycles. The lowest BCUT2D eigenvalue weighted by Gasteiger charge is -2.07. The highest BCUT2D eigenvalue weighted by Crippen LogP contribution is 2.27. The zero-order chi connectivity index (χ0) is 13.1. The summed E-state index contributed by atoms with van der Waals surface area (Å²) in [7, 11) is 0. The minimum absolute atomic E-state index is 0.0129. The highest BCUT2D eigenvalue weighted by molar-refractivity contribution is 6.30. The average Bonchev–Trinajstić information content (AvgIpc) is 3.11. The van der Waals surface area contributed by atoms with Crippen LogP contribution in [-0.2, 0) is 4.79 Å². The average molecular weight is 270 g/mol. The van der Waals surface area contributed by atoms with Crippen LogP contribution in [0.15, 0.2) is 18.2 Å². The first-order valence-electron chi connectivity index (χ1n) is 5.53. The molecular weight excluding hydrogens is 258 g/mol. The molecule has 6 nitrogen and oxygen atoms in total. The molecule has 0 heterocycles. The van der Waals surface area contributed by atoms with E-state index in [1.54, 1.807) is 0 Å². The van der Waals surface area contributed by atoms with Crippen LogP contribution in [0.4, 0.5) is 11.4 Å². The number of nitro benzene ring substituents is 1. The Labute approximate surface area is 108 Å². The second-order valence-corrected chi connectivity index (χ2v) is 4.55. The smallest absolute Gasteiger partial charge is 0.293 e. The molecule has 1 aromatic rings. The Bertz CT molecular complexity index is 488. The van der Waals surface area contributed by atoms with Gasteiger partial charge in [-0.15, -0.1) is 0 Å². The standard InChI is InChI=1S/C11H12ClN3O3/c12-7-1-4-9(10(5-7)15(17)18)13-6-11(16)14-8-2-3-8/h1,4-5,8,13H,2-3,6H2,(H,14,16). The number of benzene rings is 1. The summed E-state index contributed by atoms with van der Waals surface area (Å²) < 4.78 is 0. The van der Waals surface area contributed by atoms with Crippen molar-refractivity contribution in [2.24, 2.45) is 0 Å². The molecule has 0 saturated heterocycles. The van der Waals surface area contributed by atoms with Gasteiger partial charge in [-0.1, -0.05) is 11.6 Å². The highest BCUT2D eigenvalue weighted by Gasteiger charge is 2.23. The number of nitrogens with zero attached hydrogens (tertiary/aromatic N) is 1. The number of carbonyl (C=O) groups excluding carboxylic acids is 1. The Balaban J connectivity index is 1.99. The molecule has 96 valence electrons. The van der Waals surface area contributed by atoms with Crippen molar-refractivity contribution in [3.05, 3.63) is 33.3 Å². The van der Waals surface area contributed by atoms with Crippen LogP contribution in [0.1, 0.15) is 12.8 Å². The molecule has 1 amide bonds. The van der Waals surface area contributed by atoms with E-state index in [4.69, 9.17) is 11.6 Å². The van der Waals surface area contributed by atoms with Crippen molar-refractivity contribution in [2.45, 2.75) is 18.9 Å². The third-order valence-corrected chi connectivity index (χ3v) is 2.77. The third-order valence-electron chi connectivity index (χ3n) is 2.54. The summed E-state index contributed by atoms with van der Waals surface area (Å²) in [5.74, 6) is -0.165. The second kappa shape index (κ2) is 5.22. The van der Waals surface area contributed by atoms with Gasteiger partial charge in [-0.25, -0.2) is 0 Å². The third kappa shape index (κ3) is 3.33. The van der Waals surface area contributed by atoms with Gasteiger partial charge >= 0.3 is 0 Å². The highest BCUT2D eigenvalue weighted by atomic mass is 35.5. The largest absolute Gasteiger partial charge is 0.371 e. The number of halogens is 1. The number of rotatable bonds is 5. The lowest BCUT2D eigenvalue weighted by atomic mass is 10.2. The van der Waals surface area contributed by atoms with E-state index in [0.717, 1.165) is 12.8 Å². The molecule has 0 spiro atoms. The minimum Gasteiger partial charge on any atom is -0.371 e. The fourth-order valence-corrected chi connectivity index (χ4v) is 1.65. The molecule has 7 heteroatoms. The number of carbonyl (C=O) groups is 1. The second-order valence-electron chi connectivity index (χ2n) is 4.11. The van der Waals surface area contributed by atoms with Gasteiger partial charge in [-0.3, -0.25) is 14.9 Å². The number of nitro groups is 1. The van der Waals surface area contributed by atoms with Crippen LogP contribution in [0.5, 0.6) is 0 Å². The van der Waals surface area contributed by atoms with E-state index in [9.17, 15) is 14.9 Å². The first kappa shape index (κ1) is 12.6. The van der Waals surface area contributed by atoms with E-state index in [2.05, 4.69) is 10.6 Å². The van der Waals surface area contributed by atoms with Crippen LogP contribution < -0.4 is 10.6 Å². The van der Waals surface area contributed by atoms with Crippen LogP contribution in [0.2, 0.25) is 5.02 Å². The van der Waals surface area contributed by atoms with Crippen LogP contribution in [0.25, 0.3) is 0 Å². The fraction of sp³-hybridized carbons (Fsp3) is 0.364. The quantitative estimate of drug-likeness (QED) is 0.632. The summed E-state index contributed by atoms with van der Waals surface area (Å²) in [5, 5.41) is 16.6. The number of anilines is 1. The molecule has 0 bridgehead atoms. The Morgan fingerprint density at radius 2 is 2.22 bits per heavy atom. The molecule has 1 saturated carbocycles. The van der Waals surface area contributed by atoms with Gasteiger partial charge in [-0.05, 0) is 25.0 Å². The lowest BCUT2D eigenvalue weighted by molar-refractivity contribution is -0.383. The van der Waals surface area contributed by atoms with Crippen molar-refractivity contribution in [3.8, 4) is 0 Å². The van der Waals surface area contributed by atoms with Crippen molar-refractivity contribution < 1.29 is 9.72 Å². The van der Waals surface area contributed by atoms with Crippen LogP contribution in [0, 0.1) is 10.1 Å². The van der Waals surface area contributed by atoms with Crippen LogP contribution in [-0.4, -0.2) is 23.4 Å². The van der Waals surface area contributed by atoms with Gasteiger partial charge in [0.1, 0.15) is 5.69 Å². The van der Waals surface area contributed by atoms with Gasteiger partial charge in [-0.2, -0.15) is 0 Å². The Kier molecular flexibility index (Phi) is 3.66. The predicted octanol–water partition coefficient (Wildman–Crippen LogP) is 1.94. The zero-order valence-corrected chi connectivity index (χ0v) is 10.2. The van der Waals surface area contributed by atoms with E-state index in [1.165, 1.54) is 18.2 Å². The molecule has 18 heavy (non-hydrogen) atoms. The Morgan fingerprint density at radius 3 is 2.83 bits per heavy atom. The SMILES string of the molecule is O=C(CNc1ccc(Cl)cc1[N+](=O)[O-])NC1CC1. The van der Waals surface area contributed by atoms with Gasteiger partial charge in [0.15, 0.2) is 0 Å². The summed E-state index contributed by atoms with van der Waals surface area (Å²) in [6.07, 6.45) is 2.01. The first-order valence-corrected chi connectivity index (χ1v) is 5.91. The maximum Gasteiger partial charge on any atom is 0.293 e. The molecule has 0 atom stereocenters. The van der Waals surface area contributed by atoms with Gasteiger partial charge in [0.05, 0.1) is 11.5 Å². The molecule has 1 fully saturated rings. The van der Waals surface area contributed by atoms with E-state index in [1.807, 2.05) is 0 Å². The summed E-state index contributed by atoms with van der Waals surface area (Å²) >= 11 is 5.69. The summed E-state index contributed by atoms with van der Waals surface area (Å²) in [6.45, 7) is 0.0129. The van der Waals surface area contributed by atoms with Gasteiger partial charge in [0, 0.05) is 17.1 Å². The van der Waals surface area contributed by atoms with E-state index < -0.39 is 4.92 Å². The van der Waals surface area contributed by atoms with E-state index >= 15 is 0 Å². The summed E-state index contributed by atoms with van der Waals surface area (Å²) in [5.41, 5.74) is 0.150. The van der Waals surface area contributed by atoms with Gasteiger partial charge in [0.2, 0.25) is 5.91 Å². The zero-order valence-electron chi connectivity index (χ0n) is 9.48. The maximum atomic E-state index is 11.4. The molecule has 1 aliphatic rings. The molecule has 2 rings (SSSR count). The number of amides is 1. The molecule has 0 unspecified atom stereocenters. The first-order chi connectivity index (χ1) is 8.56. The molecule has 1 aliphatic carbocycles. The van der Waals surface area contributed by atoms with Crippen LogP contribution >= 0.6 is 11.6 Å². The van der Waals surface area contributed by atoms with Crippen molar-refractivity contribution >= 4 is 28.9 Å². The number of nitrogens with one attached hydrogen (secondary N) is 2. The van der Waals surface area contributed by atoms with Gasteiger partial charge in [0.25, 0.3) is 5.69 Å². The van der Waals surface area contributed by atoms with Crippen molar-refractivity contribution in [1.82, 2.24) is 5.32 Å². The lowest BCUT2D eigenvalue weighted by Crippen LogP contribution is -2.31. The summed E-state index contributed by atoms with van der Waals surface area (Å²) in [6, 6.07) is 4.56. The van der Waals surface area contributed by atoms with Crippen LogP contribution in [0.3, 0.4) is 0 Å². The molecule has 2 N–H and O–H groups in total. The topological polar surface area (TPSA) is 84.3 Å². The maximum absolute atomic E-state index is 11.4. The van der Waals surface area contributed by atoms with E-state index in [-0.39, 0.29) is 34.9 Å². The predicted molar refractivity (Wildman–Crippen MR) is 67.8 cm³/mol. The molecular formula is C11H12ClN3O3. The Morgan fingerprint density at radius 1 is 1.50 bits per heavy atom. The normalized spacial score (nSPS) is 14.1. The summed E-state index contributed by atoms with van der Waals surface area (Å²) in [4.78, 5) is 21.7. The monoisotopic (exact) mass is 269 g/mol. The molecule has 0 aliphatic heterocycles. The van der Waals surface area contributed by atoms with E-state index in [0.29, 0.717) is 0 Å². The van der Waals surface area contributed by atoms with Crippen molar-refractivity contribution in [2.75, 3.05) is 11.9 Å². The molecule has 0 radical (unpaired) electrons. The number of hydrogen-bond acceptors (Lipinski definition) is 4. The fourth-order valence-electron chi connectivity index (χ4n) is 1.49.